The van der Waals surface area contributed by atoms with E-state index in [1.165, 1.54) is 32.2 Å². The standard InChI is InChI=1S/C19H31N5O2.HI/c1-16-5-8-22(9-6-16)10-7-21-19(20-2)24-13-11-23(12-14-24)18(25)17-4-3-15-26-17;/h3-4,15-16H,5-14H2,1-2H3,(H,20,21);1H. The number of nitrogens with one attached hydrogen (secondary N) is 1. The molecule has 1 N–H and O–H groups in total. The van der Waals surface area contributed by atoms with Gasteiger partial charge in [0.2, 0.25) is 0 Å². The molecule has 0 aliphatic carbocycles. The molecule has 1 aromatic rings. The summed E-state index contributed by atoms with van der Waals surface area (Å²) in [5, 5.41) is 3.48. The number of carbonyl (C=O) groups excluding carboxylic acids is 1. The lowest BCUT2D eigenvalue weighted by Crippen LogP contribution is -2.54. The number of piperidine rings is 1. The molecule has 2 fully saturated rings. The number of carbonyl (C=O) groups is 1. The van der Waals surface area contributed by atoms with Crippen LogP contribution in [0.25, 0.3) is 0 Å². The summed E-state index contributed by atoms with van der Waals surface area (Å²) in [6.45, 7) is 9.65. The van der Waals surface area contributed by atoms with Gasteiger partial charge in [-0.1, -0.05) is 6.92 Å². The molecule has 0 unspecified atom stereocenters. The first-order valence-corrected chi connectivity index (χ1v) is 9.68. The Labute approximate surface area is 179 Å². The van der Waals surface area contributed by atoms with Gasteiger partial charge in [0.05, 0.1) is 6.26 Å². The summed E-state index contributed by atoms with van der Waals surface area (Å²) >= 11 is 0. The Morgan fingerprint density at radius 3 is 2.44 bits per heavy atom. The van der Waals surface area contributed by atoms with Gasteiger partial charge in [0.1, 0.15) is 0 Å². The third-order valence-corrected chi connectivity index (χ3v) is 5.40. The van der Waals surface area contributed by atoms with E-state index in [1.807, 2.05) is 11.9 Å². The molecule has 2 saturated heterocycles. The van der Waals surface area contributed by atoms with Crippen molar-refractivity contribution in [2.24, 2.45) is 10.9 Å². The largest absolute Gasteiger partial charge is 0.459 e. The van der Waals surface area contributed by atoms with E-state index in [2.05, 4.69) is 27.0 Å². The van der Waals surface area contributed by atoms with Gasteiger partial charge in [-0.05, 0) is 44.0 Å². The van der Waals surface area contributed by atoms with Crippen molar-refractivity contribution in [2.45, 2.75) is 19.8 Å². The van der Waals surface area contributed by atoms with E-state index in [0.29, 0.717) is 18.8 Å². The highest BCUT2D eigenvalue weighted by Crippen LogP contribution is 2.15. The molecule has 7 nitrogen and oxygen atoms in total. The fourth-order valence-electron chi connectivity index (χ4n) is 3.62. The first-order valence-electron chi connectivity index (χ1n) is 9.68. The van der Waals surface area contributed by atoms with Crippen LogP contribution < -0.4 is 5.32 Å². The number of guanidine groups is 1. The van der Waals surface area contributed by atoms with Crippen LogP contribution in [0.4, 0.5) is 0 Å². The predicted molar refractivity (Wildman–Crippen MR) is 118 cm³/mol. The van der Waals surface area contributed by atoms with Crippen LogP contribution >= 0.6 is 24.0 Å². The summed E-state index contributed by atoms with van der Waals surface area (Å²) in [4.78, 5) is 23.4. The second-order valence-electron chi connectivity index (χ2n) is 7.25. The molecular formula is C19H32IN5O2. The summed E-state index contributed by atoms with van der Waals surface area (Å²) < 4.78 is 5.22. The fraction of sp³-hybridized carbons (Fsp3) is 0.684. The Bertz CT molecular complexity index is 591. The minimum Gasteiger partial charge on any atom is -0.459 e. The molecule has 1 aromatic heterocycles. The number of amides is 1. The lowest BCUT2D eigenvalue weighted by Gasteiger charge is -2.36. The third-order valence-electron chi connectivity index (χ3n) is 5.40. The minimum absolute atomic E-state index is 0. The van der Waals surface area contributed by atoms with E-state index in [0.717, 1.165) is 38.1 Å². The van der Waals surface area contributed by atoms with Crippen molar-refractivity contribution in [1.29, 1.82) is 0 Å². The molecule has 2 aliphatic rings. The highest BCUT2D eigenvalue weighted by atomic mass is 127. The Morgan fingerprint density at radius 2 is 1.85 bits per heavy atom. The van der Waals surface area contributed by atoms with Crippen molar-refractivity contribution in [3.05, 3.63) is 24.2 Å². The maximum atomic E-state index is 12.3. The SMILES string of the molecule is CN=C(NCCN1CCC(C)CC1)N1CCN(C(=O)c2ccco2)CC1.I. The van der Waals surface area contributed by atoms with Crippen LogP contribution in [0.5, 0.6) is 0 Å². The molecule has 3 rings (SSSR count). The molecule has 27 heavy (non-hydrogen) atoms. The number of hydrogen-bond acceptors (Lipinski definition) is 4. The van der Waals surface area contributed by atoms with Crippen molar-refractivity contribution >= 4 is 35.8 Å². The molecule has 8 heteroatoms. The number of piperazine rings is 1. The molecule has 1 amide bonds. The zero-order chi connectivity index (χ0) is 18.4. The maximum absolute atomic E-state index is 12.3. The van der Waals surface area contributed by atoms with Crippen LogP contribution in [0.3, 0.4) is 0 Å². The second kappa shape index (κ2) is 10.9. The first kappa shape index (κ1) is 22.0. The molecule has 0 bridgehead atoms. The highest BCUT2D eigenvalue weighted by molar-refractivity contribution is 14.0. The normalized spacial score (nSPS) is 19.7. The minimum atomic E-state index is -0.0306. The summed E-state index contributed by atoms with van der Waals surface area (Å²) in [5.41, 5.74) is 0. The first-order chi connectivity index (χ1) is 12.7. The average molecular weight is 489 g/mol. The van der Waals surface area contributed by atoms with E-state index in [4.69, 9.17) is 4.42 Å². The zero-order valence-electron chi connectivity index (χ0n) is 16.4. The molecule has 2 aliphatic heterocycles. The number of aliphatic imine (C=N–C) groups is 1. The van der Waals surface area contributed by atoms with Crippen molar-refractivity contribution in [1.82, 2.24) is 20.0 Å². The Kier molecular flexibility index (Phi) is 8.88. The molecule has 0 saturated carbocycles. The number of halogens is 1. The summed E-state index contributed by atoms with van der Waals surface area (Å²) in [6, 6.07) is 3.47. The Hall–Kier alpha value is -1.29. The lowest BCUT2D eigenvalue weighted by molar-refractivity contribution is 0.0657. The smallest absolute Gasteiger partial charge is 0.289 e. The Balaban J connectivity index is 0.00000261. The second-order valence-corrected chi connectivity index (χ2v) is 7.25. The van der Waals surface area contributed by atoms with E-state index in [1.54, 1.807) is 12.1 Å². The van der Waals surface area contributed by atoms with Gasteiger partial charge in [-0.25, -0.2) is 0 Å². The van der Waals surface area contributed by atoms with Crippen LogP contribution in [0.15, 0.2) is 27.8 Å². The molecular weight excluding hydrogens is 457 g/mol. The maximum Gasteiger partial charge on any atom is 0.289 e. The van der Waals surface area contributed by atoms with Crippen LogP contribution in [-0.4, -0.2) is 86.0 Å². The van der Waals surface area contributed by atoms with Crippen molar-refractivity contribution in [2.75, 3.05) is 59.4 Å². The molecule has 0 atom stereocenters. The van der Waals surface area contributed by atoms with Gasteiger partial charge >= 0.3 is 0 Å². The molecule has 0 aromatic carbocycles. The van der Waals surface area contributed by atoms with Gasteiger partial charge in [0, 0.05) is 46.3 Å². The molecule has 0 radical (unpaired) electrons. The van der Waals surface area contributed by atoms with E-state index < -0.39 is 0 Å². The number of rotatable bonds is 4. The number of likely N-dealkylation sites (tertiary alicyclic amines) is 1. The third kappa shape index (κ3) is 6.10. The lowest BCUT2D eigenvalue weighted by atomic mass is 9.99. The zero-order valence-corrected chi connectivity index (χ0v) is 18.7. The topological polar surface area (TPSA) is 64.3 Å². The van der Waals surface area contributed by atoms with E-state index in [9.17, 15) is 4.79 Å². The van der Waals surface area contributed by atoms with Crippen molar-refractivity contribution < 1.29 is 9.21 Å². The van der Waals surface area contributed by atoms with Gasteiger partial charge in [0.25, 0.3) is 5.91 Å². The van der Waals surface area contributed by atoms with Crippen molar-refractivity contribution in [3.8, 4) is 0 Å². The van der Waals surface area contributed by atoms with Gasteiger partial charge in [0.15, 0.2) is 11.7 Å². The summed E-state index contributed by atoms with van der Waals surface area (Å²) in [5.74, 6) is 2.18. The fourth-order valence-corrected chi connectivity index (χ4v) is 3.62. The quantitative estimate of drug-likeness (QED) is 0.398. The highest BCUT2D eigenvalue weighted by Gasteiger charge is 2.25. The summed E-state index contributed by atoms with van der Waals surface area (Å²) in [7, 11) is 1.82. The molecule has 3 heterocycles. The van der Waals surface area contributed by atoms with Crippen LogP contribution in [0.1, 0.15) is 30.3 Å². The van der Waals surface area contributed by atoms with Gasteiger partial charge < -0.3 is 24.4 Å². The number of nitrogens with zero attached hydrogens (tertiary/aromatic N) is 4. The monoisotopic (exact) mass is 489 g/mol. The Morgan fingerprint density at radius 1 is 1.19 bits per heavy atom. The van der Waals surface area contributed by atoms with Crippen LogP contribution in [0, 0.1) is 5.92 Å². The van der Waals surface area contributed by atoms with E-state index in [-0.39, 0.29) is 29.9 Å². The predicted octanol–water partition coefficient (Wildman–Crippen LogP) is 1.96. The molecule has 0 spiro atoms. The van der Waals surface area contributed by atoms with E-state index >= 15 is 0 Å². The number of hydrogen-bond donors (Lipinski definition) is 1. The average Bonchev–Trinajstić information content (AvgIpc) is 3.21. The van der Waals surface area contributed by atoms with Gasteiger partial charge in [-0.15, -0.1) is 24.0 Å². The summed E-state index contributed by atoms with van der Waals surface area (Å²) in [6.07, 6.45) is 4.15. The molecule has 152 valence electrons. The van der Waals surface area contributed by atoms with Crippen LogP contribution in [0.2, 0.25) is 0 Å². The van der Waals surface area contributed by atoms with Gasteiger partial charge in [-0.2, -0.15) is 0 Å². The van der Waals surface area contributed by atoms with Crippen LogP contribution in [-0.2, 0) is 0 Å². The number of furan rings is 1. The van der Waals surface area contributed by atoms with Crippen molar-refractivity contribution in [3.63, 3.8) is 0 Å². The van der Waals surface area contributed by atoms with Gasteiger partial charge in [-0.3, -0.25) is 9.79 Å².